The SMILES string of the molecule is Cc1ccc(C(CNC(=O)CCc2ccco2)N2CCCCC2)cc1. The fraction of sp³-hybridized carbons (Fsp3) is 0.476. The van der Waals surface area contributed by atoms with Gasteiger partial charge < -0.3 is 9.73 Å². The molecule has 3 rings (SSSR count). The van der Waals surface area contributed by atoms with Crippen LogP contribution in [0.2, 0.25) is 0 Å². The van der Waals surface area contributed by atoms with Crippen molar-refractivity contribution in [3.05, 3.63) is 59.5 Å². The second-order valence-corrected chi connectivity index (χ2v) is 6.91. The van der Waals surface area contributed by atoms with Crippen molar-refractivity contribution in [2.24, 2.45) is 0 Å². The van der Waals surface area contributed by atoms with Crippen molar-refractivity contribution in [1.29, 1.82) is 0 Å². The maximum Gasteiger partial charge on any atom is 0.220 e. The standard InChI is InChI=1S/C21H28N2O2/c1-17-7-9-18(10-8-17)20(23-13-3-2-4-14-23)16-22-21(24)12-11-19-6-5-15-25-19/h5-10,15,20H,2-4,11-14,16H2,1H3,(H,22,24). The Kier molecular flexibility index (Phi) is 6.29. The molecule has 4 nitrogen and oxygen atoms in total. The first-order valence-corrected chi connectivity index (χ1v) is 9.32. The Balaban J connectivity index is 1.58. The zero-order valence-electron chi connectivity index (χ0n) is 15.0. The molecule has 0 radical (unpaired) electrons. The number of nitrogens with one attached hydrogen (secondary N) is 1. The fourth-order valence-corrected chi connectivity index (χ4v) is 3.47. The Morgan fingerprint density at radius 2 is 1.92 bits per heavy atom. The summed E-state index contributed by atoms with van der Waals surface area (Å²) in [6.45, 7) is 5.00. The molecule has 1 fully saturated rings. The Morgan fingerprint density at radius 3 is 2.60 bits per heavy atom. The van der Waals surface area contributed by atoms with Gasteiger partial charge in [-0.2, -0.15) is 0 Å². The van der Waals surface area contributed by atoms with Crippen LogP contribution in [0, 0.1) is 6.92 Å². The number of hydrogen-bond donors (Lipinski definition) is 1. The van der Waals surface area contributed by atoms with E-state index in [4.69, 9.17) is 4.42 Å². The van der Waals surface area contributed by atoms with E-state index in [2.05, 4.69) is 41.4 Å². The van der Waals surface area contributed by atoms with Gasteiger partial charge >= 0.3 is 0 Å². The van der Waals surface area contributed by atoms with E-state index in [-0.39, 0.29) is 11.9 Å². The third kappa shape index (κ3) is 5.20. The largest absolute Gasteiger partial charge is 0.469 e. The summed E-state index contributed by atoms with van der Waals surface area (Å²) in [6, 6.07) is 12.7. The van der Waals surface area contributed by atoms with E-state index in [1.165, 1.54) is 30.4 Å². The number of hydrogen-bond acceptors (Lipinski definition) is 3. The van der Waals surface area contributed by atoms with Crippen LogP contribution in [0.15, 0.2) is 47.1 Å². The molecule has 1 atom stereocenters. The number of nitrogens with zero attached hydrogens (tertiary/aromatic N) is 1. The second kappa shape index (κ2) is 8.86. The monoisotopic (exact) mass is 340 g/mol. The molecular weight excluding hydrogens is 312 g/mol. The van der Waals surface area contributed by atoms with Crippen LogP contribution in [0.25, 0.3) is 0 Å². The summed E-state index contributed by atoms with van der Waals surface area (Å²) in [5, 5.41) is 3.13. The van der Waals surface area contributed by atoms with Crippen LogP contribution >= 0.6 is 0 Å². The number of piperidine rings is 1. The minimum Gasteiger partial charge on any atom is -0.469 e. The highest BCUT2D eigenvalue weighted by Gasteiger charge is 2.22. The van der Waals surface area contributed by atoms with E-state index in [9.17, 15) is 4.79 Å². The van der Waals surface area contributed by atoms with E-state index in [0.29, 0.717) is 19.4 Å². The van der Waals surface area contributed by atoms with Crippen LogP contribution in [0.3, 0.4) is 0 Å². The maximum absolute atomic E-state index is 12.2. The van der Waals surface area contributed by atoms with Crippen LogP contribution in [-0.2, 0) is 11.2 Å². The van der Waals surface area contributed by atoms with Crippen molar-refractivity contribution in [2.45, 2.75) is 45.1 Å². The molecule has 1 aliphatic heterocycles. The molecule has 2 heterocycles. The molecule has 1 aromatic carbocycles. The molecule has 0 bridgehead atoms. The fourth-order valence-electron chi connectivity index (χ4n) is 3.47. The Hall–Kier alpha value is -2.07. The Morgan fingerprint density at radius 1 is 1.16 bits per heavy atom. The van der Waals surface area contributed by atoms with Gasteiger partial charge in [0.25, 0.3) is 0 Å². The number of furan rings is 1. The number of rotatable bonds is 7. The van der Waals surface area contributed by atoms with E-state index in [1.54, 1.807) is 6.26 Å². The summed E-state index contributed by atoms with van der Waals surface area (Å²) in [5.41, 5.74) is 2.56. The molecule has 134 valence electrons. The van der Waals surface area contributed by atoms with Gasteiger partial charge in [-0.3, -0.25) is 9.69 Å². The van der Waals surface area contributed by atoms with Crippen molar-refractivity contribution in [1.82, 2.24) is 10.2 Å². The summed E-state index contributed by atoms with van der Waals surface area (Å²) in [7, 11) is 0. The number of carbonyl (C=O) groups excluding carboxylic acids is 1. The highest BCUT2D eigenvalue weighted by Crippen LogP contribution is 2.24. The molecule has 4 heteroatoms. The van der Waals surface area contributed by atoms with Crippen LogP contribution < -0.4 is 5.32 Å². The highest BCUT2D eigenvalue weighted by molar-refractivity contribution is 5.76. The van der Waals surface area contributed by atoms with Crippen molar-refractivity contribution in [3.63, 3.8) is 0 Å². The topological polar surface area (TPSA) is 45.5 Å². The quantitative estimate of drug-likeness (QED) is 0.832. The predicted octanol–water partition coefficient (Wildman–Crippen LogP) is 3.86. The number of carbonyl (C=O) groups is 1. The molecule has 1 aromatic heterocycles. The molecule has 1 N–H and O–H groups in total. The number of amides is 1. The first-order chi connectivity index (χ1) is 12.2. The molecule has 0 aliphatic carbocycles. The normalized spacial score (nSPS) is 16.5. The highest BCUT2D eigenvalue weighted by atomic mass is 16.3. The molecule has 0 spiro atoms. The van der Waals surface area contributed by atoms with Gasteiger partial charge in [-0.1, -0.05) is 36.2 Å². The van der Waals surface area contributed by atoms with E-state index in [0.717, 1.165) is 18.8 Å². The minimum absolute atomic E-state index is 0.0884. The Bertz CT molecular complexity index is 643. The van der Waals surface area contributed by atoms with Crippen LogP contribution in [0.1, 0.15) is 48.6 Å². The summed E-state index contributed by atoms with van der Waals surface area (Å²) >= 11 is 0. The smallest absolute Gasteiger partial charge is 0.220 e. The predicted molar refractivity (Wildman–Crippen MR) is 99.4 cm³/mol. The van der Waals surface area contributed by atoms with Gasteiger partial charge in [-0.15, -0.1) is 0 Å². The van der Waals surface area contributed by atoms with Crippen LogP contribution in [0.4, 0.5) is 0 Å². The van der Waals surface area contributed by atoms with Gasteiger partial charge in [0.05, 0.1) is 12.3 Å². The summed E-state index contributed by atoms with van der Waals surface area (Å²) in [4.78, 5) is 14.8. The number of likely N-dealkylation sites (tertiary alicyclic amines) is 1. The molecule has 25 heavy (non-hydrogen) atoms. The van der Waals surface area contributed by atoms with Gasteiger partial charge in [0, 0.05) is 19.4 Å². The number of aryl methyl sites for hydroxylation is 2. The van der Waals surface area contributed by atoms with E-state index >= 15 is 0 Å². The number of benzene rings is 1. The molecule has 1 unspecified atom stereocenters. The van der Waals surface area contributed by atoms with Gasteiger partial charge in [0.15, 0.2) is 0 Å². The van der Waals surface area contributed by atoms with Crippen molar-refractivity contribution >= 4 is 5.91 Å². The lowest BCUT2D eigenvalue weighted by Crippen LogP contribution is -2.40. The maximum atomic E-state index is 12.2. The third-order valence-electron chi connectivity index (χ3n) is 4.96. The van der Waals surface area contributed by atoms with Gasteiger partial charge in [-0.05, 0) is 50.6 Å². The van der Waals surface area contributed by atoms with Crippen molar-refractivity contribution < 1.29 is 9.21 Å². The average Bonchev–Trinajstić information content (AvgIpc) is 3.16. The van der Waals surface area contributed by atoms with Gasteiger partial charge in [-0.25, -0.2) is 0 Å². The average molecular weight is 340 g/mol. The lowest BCUT2D eigenvalue weighted by molar-refractivity contribution is -0.121. The van der Waals surface area contributed by atoms with E-state index in [1.807, 2.05) is 12.1 Å². The summed E-state index contributed by atoms with van der Waals surface area (Å²) < 4.78 is 5.30. The molecular formula is C21H28N2O2. The molecule has 1 aliphatic rings. The lowest BCUT2D eigenvalue weighted by Gasteiger charge is -2.35. The van der Waals surface area contributed by atoms with Crippen molar-refractivity contribution in [3.8, 4) is 0 Å². The minimum atomic E-state index is 0.0884. The van der Waals surface area contributed by atoms with Gasteiger partial charge in [0.1, 0.15) is 5.76 Å². The molecule has 0 saturated carbocycles. The van der Waals surface area contributed by atoms with Crippen LogP contribution in [0.5, 0.6) is 0 Å². The molecule has 2 aromatic rings. The molecule has 1 amide bonds. The van der Waals surface area contributed by atoms with Gasteiger partial charge in [0.2, 0.25) is 5.91 Å². The second-order valence-electron chi connectivity index (χ2n) is 6.91. The van der Waals surface area contributed by atoms with Crippen LogP contribution in [-0.4, -0.2) is 30.4 Å². The van der Waals surface area contributed by atoms with E-state index < -0.39 is 0 Å². The molecule has 1 saturated heterocycles. The first kappa shape index (κ1) is 17.7. The third-order valence-corrected chi connectivity index (χ3v) is 4.96. The Labute approximate surface area is 150 Å². The van der Waals surface area contributed by atoms with Crippen molar-refractivity contribution in [2.75, 3.05) is 19.6 Å². The first-order valence-electron chi connectivity index (χ1n) is 9.32. The summed E-state index contributed by atoms with van der Waals surface area (Å²) in [5.74, 6) is 0.951. The zero-order chi connectivity index (χ0) is 17.5. The zero-order valence-corrected chi connectivity index (χ0v) is 15.0. The summed E-state index contributed by atoms with van der Waals surface area (Å²) in [6.07, 6.45) is 6.57. The lowest BCUT2D eigenvalue weighted by atomic mass is 10.0.